The van der Waals surface area contributed by atoms with E-state index in [4.69, 9.17) is 24.4 Å². The number of oxazole rings is 1. The Morgan fingerprint density at radius 1 is 0.386 bits per heavy atom. The van der Waals surface area contributed by atoms with Gasteiger partial charge >= 0.3 is 0 Å². The lowest BCUT2D eigenvalue weighted by molar-refractivity contribution is 0.619. The van der Waals surface area contributed by atoms with Gasteiger partial charge in [-0.05, 0) is 41.1 Å². The van der Waals surface area contributed by atoms with Gasteiger partial charge in [0, 0.05) is 38.2 Å². The van der Waals surface area contributed by atoms with Gasteiger partial charge in [0.2, 0.25) is 11.8 Å². The Balaban J connectivity index is 1.21. The van der Waals surface area contributed by atoms with Crippen LogP contribution in [0.3, 0.4) is 0 Å². The van der Waals surface area contributed by atoms with Crippen molar-refractivity contribution in [3.8, 4) is 45.9 Å². The van der Waals surface area contributed by atoms with Crippen LogP contribution >= 0.6 is 0 Å². The first-order valence-electron chi connectivity index (χ1n) is 19.0. The van der Waals surface area contributed by atoms with Gasteiger partial charge < -0.3 is 8.98 Å². The SMILES string of the molecule is c1ccc(-c2nc(-c3ccccc3)nc(-n3c4ccccc4c4ccc5c6ccccc6n(-c6cccc7nc(-c8cccc9ccccc89)oc67)c5c43)n2)cc1. The summed E-state index contributed by atoms with van der Waals surface area (Å²) in [5.41, 5.74) is 9.23. The number of nitrogens with zero attached hydrogens (tertiary/aromatic N) is 6. The molecular weight excluding hydrogens is 701 g/mol. The van der Waals surface area contributed by atoms with Crippen molar-refractivity contribution in [3.05, 3.63) is 182 Å². The zero-order valence-electron chi connectivity index (χ0n) is 30.4. The normalized spacial score (nSPS) is 11.9. The third kappa shape index (κ3) is 4.79. The van der Waals surface area contributed by atoms with Gasteiger partial charge in [-0.25, -0.2) is 9.97 Å². The molecule has 0 radical (unpaired) electrons. The second kappa shape index (κ2) is 12.3. The van der Waals surface area contributed by atoms with Crippen LogP contribution in [0.25, 0.3) is 111 Å². The highest BCUT2D eigenvalue weighted by atomic mass is 16.3. The van der Waals surface area contributed by atoms with E-state index >= 15 is 0 Å². The molecule has 7 nitrogen and oxygen atoms in total. The fourth-order valence-corrected chi connectivity index (χ4v) is 8.49. The van der Waals surface area contributed by atoms with Gasteiger partial charge in [0.15, 0.2) is 17.2 Å². The molecule has 0 unspecified atom stereocenters. The highest BCUT2D eigenvalue weighted by Crippen LogP contribution is 2.43. The van der Waals surface area contributed by atoms with Crippen LogP contribution in [0.15, 0.2) is 186 Å². The van der Waals surface area contributed by atoms with Crippen molar-refractivity contribution in [2.24, 2.45) is 0 Å². The van der Waals surface area contributed by atoms with Crippen LogP contribution in [0.4, 0.5) is 0 Å². The van der Waals surface area contributed by atoms with Crippen LogP contribution in [-0.4, -0.2) is 29.1 Å². The number of para-hydroxylation sites is 3. The van der Waals surface area contributed by atoms with Crippen LogP contribution in [0, 0.1) is 0 Å². The molecule has 8 aromatic carbocycles. The Morgan fingerprint density at radius 2 is 0.930 bits per heavy atom. The van der Waals surface area contributed by atoms with Crippen molar-refractivity contribution in [2.45, 2.75) is 0 Å². The summed E-state index contributed by atoms with van der Waals surface area (Å²) in [7, 11) is 0. The first kappa shape index (κ1) is 31.5. The third-order valence-electron chi connectivity index (χ3n) is 11.0. The van der Waals surface area contributed by atoms with Crippen molar-refractivity contribution in [1.82, 2.24) is 29.1 Å². The summed E-state index contributed by atoms with van der Waals surface area (Å²) in [4.78, 5) is 20.6. The minimum Gasteiger partial charge on any atom is -0.434 e. The second-order valence-corrected chi connectivity index (χ2v) is 14.2. The second-order valence-electron chi connectivity index (χ2n) is 14.2. The first-order valence-corrected chi connectivity index (χ1v) is 19.0. The fourth-order valence-electron chi connectivity index (χ4n) is 8.49. The average Bonchev–Trinajstić information content (AvgIpc) is 3.97. The molecule has 7 heteroatoms. The average molecular weight is 731 g/mol. The zero-order chi connectivity index (χ0) is 37.5. The van der Waals surface area contributed by atoms with E-state index in [9.17, 15) is 0 Å². The van der Waals surface area contributed by atoms with Gasteiger partial charge in [-0.1, -0.05) is 152 Å². The van der Waals surface area contributed by atoms with E-state index in [-0.39, 0.29) is 0 Å². The molecule has 266 valence electrons. The lowest BCUT2D eigenvalue weighted by Crippen LogP contribution is -2.07. The van der Waals surface area contributed by atoms with Crippen LogP contribution in [0.5, 0.6) is 0 Å². The fraction of sp³-hybridized carbons (Fsp3) is 0. The monoisotopic (exact) mass is 730 g/mol. The van der Waals surface area contributed by atoms with Gasteiger partial charge in [0.1, 0.15) is 5.52 Å². The van der Waals surface area contributed by atoms with E-state index in [2.05, 4.69) is 124 Å². The molecule has 0 saturated carbocycles. The molecule has 12 aromatic rings. The van der Waals surface area contributed by atoms with Crippen molar-refractivity contribution >= 4 is 65.5 Å². The summed E-state index contributed by atoms with van der Waals surface area (Å²) in [6.45, 7) is 0. The van der Waals surface area contributed by atoms with Gasteiger partial charge in [-0.3, -0.25) is 4.57 Å². The standard InChI is InChI=1S/C50H30N6O/c1-3-16-32(17-4-1)47-52-48(33-18-5-2-6-19-33)54-50(53-47)56-42-27-12-10-23-36(42)38-30-29-37-35-22-9-11-26-41(35)55(44(37)45(38)56)43-28-14-25-40-46(43)57-49(51-40)39-24-13-20-31-15-7-8-21-34(31)39/h1-30H. The summed E-state index contributed by atoms with van der Waals surface area (Å²) < 4.78 is 11.4. The zero-order valence-corrected chi connectivity index (χ0v) is 30.4. The Labute approximate surface area is 325 Å². The van der Waals surface area contributed by atoms with Crippen LogP contribution < -0.4 is 0 Å². The van der Waals surface area contributed by atoms with Gasteiger partial charge in [0.05, 0.1) is 27.8 Å². The quantitative estimate of drug-likeness (QED) is 0.176. The molecule has 0 bridgehead atoms. The molecule has 0 aliphatic carbocycles. The summed E-state index contributed by atoms with van der Waals surface area (Å²) in [5.74, 6) is 2.33. The molecule has 0 amide bonds. The molecule has 0 aliphatic rings. The lowest BCUT2D eigenvalue weighted by Gasteiger charge is -2.13. The predicted molar refractivity (Wildman–Crippen MR) is 230 cm³/mol. The minimum atomic E-state index is 0.536. The summed E-state index contributed by atoms with van der Waals surface area (Å²) in [6, 6.07) is 62.6. The number of hydrogen-bond donors (Lipinski definition) is 0. The Hall–Kier alpha value is -7.90. The molecule has 0 saturated heterocycles. The number of rotatable bonds is 5. The summed E-state index contributed by atoms with van der Waals surface area (Å²) in [5, 5.41) is 6.66. The van der Waals surface area contributed by atoms with Gasteiger partial charge in [-0.2, -0.15) is 9.97 Å². The molecule has 0 fully saturated rings. The smallest absolute Gasteiger partial charge is 0.238 e. The molecule has 0 spiro atoms. The van der Waals surface area contributed by atoms with Crippen LogP contribution in [0.1, 0.15) is 0 Å². The number of fused-ring (bicyclic) bond motifs is 9. The minimum absolute atomic E-state index is 0.536. The molecule has 12 rings (SSSR count). The van der Waals surface area contributed by atoms with E-state index in [1.807, 2.05) is 66.7 Å². The molecule has 4 aromatic heterocycles. The van der Waals surface area contributed by atoms with E-state index < -0.39 is 0 Å². The Morgan fingerprint density at radius 3 is 1.61 bits per heavy atom. The topological polar surface area (TPSA) is 74.6 Å². The molecule has 0 aliphatic heterocycles. The first-order chi connectivity index (χ1) is 28.3. The lowest BCUT2D eigenvalue weighted by atomic mass is 10.0. The maximum Gasteiger partial charge on any atom is 0.238 e. The molecule has 57 heavy (non-hydrogen) atoms. The van der Waals surface area contributed by atoms with Crippen molar-refractivity contribution in [3.63, 3.8) is 0 Å². The summed E-state index contributed by atoms with van der Waals surface area (Å²) in [6.07, 6.45) is 0. The number of aromatic nitrogens is 6. The van der Waals surface area contributed by atoms with E-state index in [1.165, 1.54) is 0 Å². The van der Waals surface area contributed by atoms with Gasteiger partial charge in [0.25, 0.3) is 0 Å². The van der Waals surface area contributed by atoms with Crippen molar-refractivity contribution in [2.75, 3.05) is 0 Å². The Bertz CT molecular complexity index is 3460. The third-order valence-corrected chi connectivity index (χ3v) is 11.0. The molecular formula is C50H30N6O. The van der Waals surface area contributed by atoms with Crippen molar-refractivity contribution in [1.29, 1.82) is 0 Å². The van der Waals surface area contributed by atoms with Crippen molar-refractivity contribution < 1.29 is 4.42 Å². The molecule has 0 atom stereocenters. The van der Waals surface area contributed by atoms with E-state index in [1.54, 1.807) is 0 Å². The van der Waals surface area contributed by atoms with Gasteiger partial charge in [-0.15, -0.1) is 0 Å². The van der Waals surface area contributed by atoms with E-state index in [0.717, 1.165) is 82.3 Å². The highest BCUT2D eigenvalue weighted by molar-refractivity contribution is 6.24. The predicted octanol–water partition coefficient (Wildman–Crippen LogP) is 12.4. The van der Waals surface area contributed by atoms with Crippen LogP contribution in [0.2, 0.25) is 0 Å². The largest absolute Gasteiger partial charge is 0.434 e. The highest BCUT2D eigenvalue weighted by Gasteiger charge is 2.25. The van der Waals surface area contributed by atoms with E-state index in [0.29, 0.717) is 29.1 Å². The van der Waals surface area contributed by atoms with Crippen LogP contribution in [-0.2, 0) is 0 Å². The maximum atomic E-state index is 6.86. The molecule has 0 N–H and O–H groups in total. The number of hydrogen-bond acceptors (Lipinski definition) is 5. The number of benzene rings is 8. The maximum absolute atomic E-state index is 6.86. The Kier molecular flexibility index (Phi) is 6.79. The molecule has 4 heterocycles. The summed E-state index contributed by atoms with van der Waals surface area (Å²) >= 11 is 0.